The molecule has 0 aliphatic rings. The number of sulfone groups is 1. The van der Waals surface area contributed by atoms with Gasteiger partial charge in [0.1, 0.15) is 11.3 Å². The Morgan fingerprint density at radius 3 is 2.45 bits per heavy atom. The highest BCUT2D eigenvalue weighted by atomic mass is 32.2. The zero-order valence-electron chi connectivity index (χ0n) is 15.7. The molecule has 2 rings (SSSR count). The van der Waals surface area contributed by atoms with E-state index in [1.165, 1.54) is 21.1 Å². The normalized spacial score (nSPS) is 12.3. The molecule has 9 nitrogen and oxygen atoms in total. The van der Waals surface area contributed by atoms with E-state index in [2.05, 4.69) is 10.1 Å². The monoisotopic (exact) mass is 437 g/mol. The minimum absolute atomic E-state index is 0.0515. The van der Waals surface area contributed by atoms with Crippen molar-refractivity contribution in [2.45, 2.75) is 18.1 Å². The van der Waals surface area contributed by atoms with Gasteiger partial charge in [0.25, 0.3) is 5.56 Å². The summed E-state index contributed by atoms with van der Waals surface area (Å²) >= 11 is 0. The van der Waals surface area contributed by atoms with Gasteiger partial charge < -0.3 is 9.47 Å². The predicted octanol–water partition coefficient (Wildman–Crippen LogP) is 1.06. The van der Waals surface area contributed by atoms with Gasteiger partial charge >= 0.3 is 6.18 Å². The Kier molecular flexibility index (Phi) is 6.65. The number of aromatic amines is 1. The number of alkyl halides is 3. The number of hydrogen-bond donors (Lipinski definition) is 1. The maximum atomic E-state index is 13.0. The standard InChI is InChI=1S/C16H18F3N3O6S/c1-9-12(15(24)22(2)21-9)13(23)10-4-5-11(16(17,18)19)20-14(10)29(25,26)8-28-7-6-27-3/h4-5,21H,6-8H2,1-3H3. The molecule has 0 amide bonds. The van der Waals surface area contributed by atoms with Gasteiger partial charge in [-0.05, 0) is 19.1 Å². The number of H-pyrrole nitrogens is 1. The molecular weight excluding hydrogens is 419 g/mol. The fourth-order valence-electron chi connectivity index (χ4n) is 2.46. The average molecular weight is 437 g/mol. The van der Waals surface area contributed by atoms with Gasteiger partial charge in [-0.25, -0.2) is 13.4 Å². The second kappa shape index (κ2) is 8.47. The molecule has 0 aromatic carbocycles. The number of hydrogen-bond acceptors (Lipinski definition) is 7. The van der Waals surface area contributed by atoms with Crippen LogP contribution in [0.3, 0.4) is 0 Å². The lowest BCUT2D eigenvalue weighted by molar-refractivity contribution is -0.141. The molecule has 0 bridgehead atoms. The van der Waals surface area contributed by atoms with E-state index in [0.29, 0.717) is 12.1 Å². The van der Waals surface area contributed by atoms with Gasteiger partial charge in [-0.1, -0.05) is 0 Å². The lowest BCUT2D eigenvalue weighted by Crippen LogP contribution is -2.24. The molecule has 0 aliphatic carbocycles. The van der Waals surface area contributed by atoms with Crippen molar-refractivity contribution in [3.8, 4) is 0 Å². The third kappa shape index (κ3) is 4.92. The molecule has 0 saturated heterocycles. The van der Waals surface area contributed by atoms with Crippen LogP contribution >= 0.6 is 0 Å². The first kappa shape index (κ1) is 22.8. The third-order valence-corrected chi connectivity index (χ3v) is 5.19. The number of rotatable bonds is 8. The Morgan fingerprint density at radius 1 is 1.28 bits per heavy atom. The van der Waals surface area contributed by atoms with Crippen LogP contribution in [0.25, 0.3) is 0 Å². The maximum absolute atomic E-state index is 13.0. The van der Waals surface area contributed by atoms with Crippen molar-refractivity contribution in [3.05, 3.63) is 45.0 Å². The van der Waals surface area contributed by atoms with Crippen LogP contribution < -0.4 is 5.56 Å². The van der Waals surface area contributed by atoms with Crippen molar-refractivity contribution in [2.75, 3.05) is 26.3 Å². The van der Waals surface area contributed by atoms with Crippen LogP contribution in [0.1, 0.15) is 27.3 Å². The second-order valence-electron chi connectivity index (χ2n) is 5.99. The number of carbonyl (C=O) groups excluding carboxylic acids is 1. The number of nitrogens with one attached hydrogen (secondary N) is 1. The smallest absolute Gasteiger partial charge is 0.382 e. The highest BCUT2D eigenvalue weighted by Crippen LogP contribution is 2.30. The van der Waals surface area contributed by atoms with Crippen molar-refractivity contribution in [1.29, 1.82) is 0 Å². The summed E-state index contributed by atoms with van der Waals surface area (Å²) in [6.45, 7) is 1.31. The van der Waals surface area contributed by atoms with E-state index in [1.54, 1.807) is 0 Å². The van der Waals surface area contributed by atoms with E-state index in [1.807, 2.05) is 0 Å². The lowest BCUT2D eigenvalue weighted by atomic mass is 10.1. The molecule has 0 saturated carbocycles. The first-order chi connectivity index (χ1) is 13.4. The zero-order valence-corrected chi connectivity index (χ0v) is 16.5. The van der Waals surface area contributed by atoms with Gasteiger partial charge in [-0.15, -0.1) is 0 Å². The number of aromatic nitrogens is 3. The molecule has 2 aromatic rings. The molecule has 0 radical (unpaired) electrons. The van der Waals surface area contributed by atoms with Gasteiger partial charge in [0.05, 0.1) is 18.8 Å². The van der Waals surface area contributed by atoms with Crippen LogP contribution in [-0.2, 0) is 32.5 Å². The second-order valence-corrected chi connectivity index (χ2v) is 7.84. The lowest BCUT2D eigenvalue weighted by Gasteiger charge is -2.12. The summed E-state index contributed by atoms with van der Waals surface area (Å²) in [5, 5.41) is 1.45. The molecule has 160 valence electrons. The molecule has 0 aliphatic heterocycles. The Morgan fingerprint density at radius 2 is 1.93 bits per heavy atom. The van der Waals surface area contributed by atoms with Crippen LogP contribution in [0.4, 0.5) is 13.2 Å². The molecule has 0 unspecified atom stereocenters. The van der Waals surface area contributed by atoms with Crippen molar-refractivity contribution < 1.29 is 35.9 Å². The van der Waals surface area contributed by atoms with E-state index in [9.17, 15) is 31.2 Å². The number of methoxy groups -OCH3 is 1. The Balaban J connectivity index is 2.60. The van der Waals surface area contributed by atoms with Crippen molar-refractivity contribution in [3.63, 3.8) is 0 Å². The number of nitrogens with zero attached hydrogens (tertiary/aromatic N) is 2. The van der Waals surface area contributed by atoms with Gasteiger partial charge in [0.15, 0.2) is 11.0 Å². The van der Waals surface area contributed by atoms with Crippen LogP contribution in [0.5, 0.6) is 0 Å². The van der Waals surface area contributed by atoms with E-state index < -0.39 is 55.1 Å². The van der Waals surface area contributed by atoms with E-state index >= 15 is 0 Å². The van der Waals surface area contributed by atoms with Crippen LogP contribution in [0.2, 0.25) is 0 Å². The topological polar surface area (TPSA) is 120 Å². The summed E-state index contributed by atoms with van der Waals surface area (Å²) in [4.78, 5) is 28.1. The molecule has 2 heterocycles. The largest absolute Gasteiger partial charge is 0.433 e. The first-order valence-electron chi connectivity index (χ1n) is 8.08. The van der Waals surface area contributed by atoms with E-state index in [4.69, 9.17) is 9.47 Å². The predicted molar refractivity (Wildman–Crippen MR) is 93.3 cm³/mol. The Labute approximate surface area is 163 Å². The van der Waals surface area contributed by atoms with E-state index in [-0.39, 0.29) is 18.9 Å². The summed E-state index contributed by atoms with van der Waals surface area (Å²) in [5.41, 5.74) is -3.18. The van der Waals surface area contributed by atoms with Crippen molar-refractivity contribution in [2.24, 2.45) is 7.05 Å². The maximum Gasteiger partial charge on any atom is 0.433 e. The van der Waals surface area contributed by atoms with Gasteiger partial charge in [-0.2, -0.15) is 13.2 Å². The fourth-order valence-corrected chi connectivity index (χ4v) is 3.65. The number of ether oxygens (including phenoxy) is 2. The Hall–Kier alpha value is -2.51. The molecule has 13 heteroatoms. The summed E-state index contributed by atoms with van der Waals surface area (Å²) in [6, 6.07) is 1.16. The molecule has 29 heavy (non-hydrogen) atoms. The zero-order chi connectivity index (χ0) is 22.0. The summed E-state index contributed by atoms with van der Waals surface area (Å²) < 4.78 is 74.9. The quantitative estimate of drug-likeness (QED) is 0.484. The SMILES string of the molecule is COCCOCS(=O)(=O)c1nc(C(F)(F)F)ccc1C(=O)c1c(C)[nH]n(C)c1=O. The molecule has 2 aromatic heterocycles. The minimum atomic E-state index is -4.94. The molecular formula is C16H18F3N3O6S. The molecule has 0 atom stereocenters. The average Bonchev–Trinajstić information content (AvgIpc) is 2.89. The number of ketones is 1. The van der Waals surface area contributed by atoms with Crippen LogP contribution in [-0.4, -0.2) is 55.2 Å². The Bertz CT molecular complexity index is 1070. The summed E-state index contributed by atoms with van der Waals surface area (Å²) in [7, 11) is -1.87. The number of halogens is 3. The van der Waals surface area contributed by atoms with Crippen LogP contribution in [0, 0.1) is 6.92 Å². The first-order valence-corrected chi connectivity index (χ1v) is 9.73. The highest BCUT2D eigenvalue weighted by Gasteiger charge is 2.36. The van der Waals surface area contributed by atoms with Crippen molar-refractivity contribution in [1.82, 2.24) is 14.8 Å². The minimum Gasteiger partial charge on any atom is -0.382 e. The molecule has 1 N–H and O–H groups in total. The summed E-state index contributed by atoms with van der Waals surface area (Å²) in [5.74, 6) is -2.09. The van der Waals surface area contributed by atoms with Crippen molar-refractivity contribution >= 4 is 15.6 Å². The number of aryl methyl sites for hydroxylation is 2. The molecule has 0 fully saturated rings. The van der Waals surface area contributed by atoms with Gasteiger partial charge in [-0.3, -0.25) is 19.4 Å². The van der Waals surface area contributed by atoms with Gasteiger partial charge in [0, 0.05) is 19.9 Å². The van der Waals surface area contributed by atoms with E-state index in [0.717, 1.165) is 4.68 Å². The number of carbonyl (C=O) groups is 1. The van der Waals surface area contributed by atoms with Gasteiger partial charge in [0.2, 0.25) is 15.6 Å². The molecule has 0 spiro atoms. The highest BCUT2D eigenvalue weighted by molar-refractivity contribution is 7.91. The number of pyridine rings is 1. The third-order valence-electron chi connectivity index (χ3n) is 3.82. The summed E-state index contributed by atoms with van der Waals surface area (Å²) in [6.07, 6.45) is -4.94. The van der Waals surface area contributed by atoms with Crippen LogP contribution in [0.15, 0.2) is 22.0 Å². The fraction of sp³-hybridized carbons (Fsp3) is 0.438.